The van der Waals surface area contributed by atoms with Crippen molar-refractivity contribution in [2.24, 2.45) is 7.05 Å². The van der Waals surface area contributed by atoms with Gasteiger partial charge in [-0.3, -0.25) is 4.79 Å². The molecule has 1 N–H and O–H groups in total. The third-order valence-electron chi connectivity index (χ3n) is 4.10. The molecule has 1 heterocycles. The Labute approximate surface area is 175 Å². The van der Waals surface area contributed by atoms with Crippen LogP contribution in [0.3, 0.4) is 0 Å². The highest BCUT2D eigenvalue weighted by molar-refractivity contribution is 7.99. The smallest absolute Gasteiger partial charge is 0.418 e. The molecule has 0 atom stereocenters. The summed E-state index contributed by atoms with van der Waals surface area (Å²) in [6.45, 7) is 2.38. The van der Waals surface area contributed by atoms with Crippen LogP contribution in [0, 0.1) is 0 Å². The van der Waals surface area contributed by atoms with Crippen LogP contribution in [-0.2, 0) is 18.0 Å². The van der Waals surface area contributed by atoms with Crippen LogP contribution in [0.1, 0.15) is 12.5 Å². The molecule has 30 heavy (non-hydrogen) atoms. The number of alkyl halides is 3. The molecule has 0 spiro atoms. The fourth-order valence-electron chi connectivity index (χ4n) is 2.76. The normalized spacial score (nSPS) is 11.4. The minimum Gasteiger partial charge on any atom is -0.493 e. The van der Waals surface area contributed by atoms with E-state index in [2.05, 4.69) is 15.5 Å². The molecule has 0 aliphatic rings. The molecule has 0 aliphatic heterocycles. The maximum atomic E-state index is 13.1. The lowest BCUT2D eigenvalue weighted by Crippen LogP contribution is -2.18. The van der Waals surface area contributed by atoms with Crippen molar-refractivity contribution in [2.45, 2.75) is 18.3 Å². The summed E-state index contributed by atoms with van der Waals surface area (Å²) in [5.41, 5.74) is -0.415. The molecular formula is C20H19F3N4O2S. The lowest BCUT2D eigenvalue weighted by Gasteiger charge is -2.13. The van der Waals surface area contributed by atoms with Crippen molar-refractivity contribution >= 4 is 23.4 Å². The Balaban J connectivity index is 1.71. The molecule has 0 aliphatic carbocycles. The molecule has 1 aromatic heterocycles. The van der Waals surface area contributed by atoms with Gasteiger partial charge in [-0.1, -0.05) is 36.0 Å². The van der Waals surface area contributed by atoms with E-state index in [9.17, 15) is 18.0 Å². The first kappa shape index (κ1) is 21.7. The first-order chi connectivity index (χ1) is 14.3. The number of rotatable bonds is 7. The van der Waals surface area contributed by atoms with Gasteiger partial charge in [0.25, 0.3) is 0 Å². The van der Waals surface area contributed by atoms with Gasteiger partial charge in [0.1, 0.15) is 5.75 Å². The predicted octanol–water partition coefficient (Wildman–Crippen LogP) is 4.63. The van der Waals surface area contributed by atoms with Crippen molar-refractivity contribution in [1.29, 1.82) is 0 Å². The SMILES string of the molecule is CCOc1ccccc1-c1nnc(SCC(=O)Nc2ccccc2C(F)(F)F)n1C. The molecule has 2 aromatic carbocycles. The Bertz CT molecular complexity index is 1040. The molecule has 6 nitrogen and oxygen atoms in total. The molecule has 10 heteroatoms. The number of para-hydroxylation sites is 2. The summed E-state index contributed by atoms with van der Waals surface area (Å²) in [6.07, 6.45) is -4.55. The summed E-state index contributed by atoms with van der Waals surface area (Å²) in [5, 5.41) is 11.0. The Kier molecular flexibility index (Phi) is 6.66. The molecule has 1 amide bonds. The highest BCUT2D eigenvalue weighted by Gasteiger charge is 2.33. The number of hydrogen-bond donors (Lipinski definition) is 1. The first-order valence-electron chi connectivity index (χ1n) is 9.01. The van der Waals surface area contributed by atoms with Crippen LogP contribution in [0.15, 0.2) is 53.7 Å². The van der Waals surface area contributed by atoms with Crippen molar-refractivity contribution in [2.75, 3.05) is 17.7 Å². The van der Waals surface area contributed by atoms with Gasteiger partial charge in [0.05, 0.1) is 29.2 Å². The monoisotopic (exact) mass is 436 g/mol. The average Bonchev–Trinajstić information content (AvgIpc) is 3.07. The molecule has 0 bridgehead atoms. The summed E-state index contributed by atoms with van der Waals surface area (Å²) in [5.74, 6) is 0.527. The zero-order valence-corrected chi connectivity index (χ0v) is 17.0. The summed E-state index contributed by atoms with van der Waals surface area (Å²) in [6, 6.07) is 12.2. The van der Waals surface area contributed by atoms with Crippen LogP contribution in [0.5, 0.6) is 5.75 Å². The second kappa shape index (κ2) is 9.21. The second-order valence-electron chi connectivity index (χ2n) is 6.17. The molecule has 0 unspecified atom stereocenters. The standard InChI is InChI=1S/C20H19F3N4O2S/c1-3-29-16-11-7-4-8-13(16)18-25-26-19(27(18)2)30-12-17(28)24-15-10-6-5-9-14(15)20(21,22)23/h4-11H,3,12H2,1-2H3,(H,24,28). The topological polar surface area (TPSA) is 69.0 Å². The van der Waals surface area contributed by atoms with E-state index in [0.29, 0.717) is 23.3 Å². The minimum absolute atomic E-state index is 0.120. The van der Waals surface area contributed by atoms with Crippen molar-refractivity contribution in [3.8, 4) is 17.1 Å². The number of halogens is 3. The fourth-order valence-corrected chi connectivity index (χ4v) is 3.47. The number of thioether (sulfide) groups is 1. The third-order valence-corrected chi connectivity index (χ3v) is 5.12. The van der Waals surface area contributed by atoms with E-state index in [1.807, 2.05) is 31.2 Å². The van der Waals surface area contributed by atoms with Gasteiger partial charge < -0.3 is 14.6 Å². The Hall–Kier alpha value is -3.01. The number of amides is 1. The van der Waals surface area contributed by atoms with Crippen LogP contribution >= 0.6 is 11.8 Å². The van der Waals surface area contributed by atoms with Crippen molar-refractivity contribution in [3.63, 3.8) is 0 Å². The predicted molar refractivity (Wildman–Crippen MR) is 108 cm³/mol. The zero-order chi connectivity index (χ0) is 21.7. The number of ether oxygens (including phenoxy) is 1. The number of hydrogen-bond acceptors (Lipinski definition) is 5. The van der Waals surface area contributed by atoms with Crippen molar-refractivity contribution in [3.05, 3.63) is 54.1 Å². The minimum atomic E-state index is -4.55. The molecule has 0 saturated carbocycles. The van der Waals surface area contributed by atoms with Crippen molar-refractivity contribution < 1.29 is 22.7 Å². The maximum absolute atomic E-state index is 13.1. The van der Waals surface area contributed by atoms with E-state index in [4.69, 9.17) is 4.74 Å². The number of nitrogens with one attached hydrogen (secondary N) is 1. The largest absolute Gasteiger partial charge is 0.493 e. The van der Waals surface area contributed by atoms with Crippen LogP contribution in [0.2, 0.25) is 0 Å². The van der Waals surface area contributed by atoms with Crippen LogP contribution in [0.4, 0.5) is 18.9 Å². The molecule has 0 radical (unpaired) electrons. The van der Waals surface area contributed by atoms with Crippen LogP contribution < -0.4 is 10.1 Å². The number of aromatic nitrogens is 3. The van der Waals surface area contributed by atoms with Gasteiger partial charge in [0.15, 0.2) is 11.0 Å². The molecule has 3 rings (SSSR count). The lowest BCUT2D eigenvalue weighted by molar-refractivity contribution is -0.137. The highest BCUT2D eigenvalue weighted by Crippen LogP contribution is 2.35. The van der Waals surface area contributed by atoms with E-state index in [1.54, 1.807) is 11.6 Å². The zero-order valence-electron chi connectivity index (χ0n) is 16.2. The van der Waals surface area contributed by atoms with E-state index in [0.717, 1.165) is 23.4 Å². The summed E-state index contributed by atoms with van der Waals surface area (Å²) >= 11 is 1.08. The summed E-state index contributed by atoms with van der Waals surface area (Å²) in [7, 11) is 1.75. The van der Waals surface area contributed by atoms with Crippen molar-refractivity contribution in [1.82, 2.24) is 14.8 Å². The van der Waals surface area contributed by atoms with Gasteiger partial charge in [-0.25, -0.2) is 0 Å². The number of carbonyl (C=O) groups excluding carboxylic acids is 1. The fraction of sp³-hybridized carbons (Fsp3) is 0.250. The van der Waals surface area contributed by atoms with E-state index in [1.165, 1.54) is 18.2 Å². The molecule has 0 fully saturated rings. The highest BCUT2D eigenvalue weighted by atomic mass is 32.2. The lowest BCUT2D eigenvalue weighted by atomic mass is 10.1. The van der Waals surface area contributed by atoms with Crippen LogP contribution in [0.25, 0.3) is 11.4 Å². The molecule has 0 saturated heterocycles. The van der Waals surface area contributed by atoms with Gasteiger partial charge in [-0.05, 0) is 31.2 Å². The van der Waals surface area contributed by atoms with E-state index < -0.39 is 17.6 Å². The summed E-state index contributed by atoms with van der Waals surface area (Å²) < 4.78 is 46.5. The van der Waals surface area contributed by atoms with Gasteiger partial charge in [0, 0.05) is 7.05 Å². The average molecular weight is 436 g/mol. The Morgan fingerprint density at radius 1 is 1.13 bits per heavy atom. The molecule has 3 aromatic rings. The first-order valence-corrected chi connectivity index (χ1v) is 10.00. The quantitative estimate of drug-likeness (QED) is 0.547. The molecular weight excluding hydrogens is 417 g/mol. The number of anilines is 1. The van der Waals surface area contributed by atoms with E-state index >= 15 is 0 Å². The number of carbonyl (C=O) groups is 1. The van der Waals surface area contributed by atoms with Crippen LogP contribution in [-0.4, -0.2) is 33.0 Å². The van der Waals surface area contributed by atoms with Gasteiger partial charge >= 0.3 is 6.18 Å². The number of benzene rings is 2. The number of nitrogens with zero attached hydrogens (tertiary/aromatic N) is 3. The van der Waals surface area contributed by atoms with Gasteiger partial charge in [-0.2, -0.15) is 13.2 Å². The summed E-state index contributed by atoms with van der Waals surface area (Å²) in [4.78, 5) is 12.2. The second-order valence-corrected chi connectivity index (χ2v) is 7.12. The Morgan fingerprint density at radius 3 is 2.57 bits per heavy atom. The van der Waals surface area contributed by atoms with E-state index in [-0.39, 0.29) is 11.4 Å². The third kappa shape index (κ3) is 4.93. The molecule has 158 valence electrons. The van der Waals surface area contributed by atoms with Gasteiger partial charge in [-0.15, -0.1) is 10.2 Å². The van der Waals surface area contributed by atoms with Gasteiger partial charge in [0.2, 0.25) is 5.91 Å². The Morgan fingerprint density at radius 2 is 1.83 bits per heavy atom. The maximum Gasteiger partial charge on any atom is 0.418 e.